The monoisotopic (exact) mass is 339 g/mol. The van der Waals surface area contributed by atoms with Gasteiger partial charge in [0, 0.05) is 18.7 Å². The van der Waals surface area contributed by atoms with Crippen molar-refractivity contribution in [3.63, 3.8) is 0 Å². The Balaban J connectivity index is 1.61. The summed E-state index contributed by atoms with van der Waals surface area (Å²) in [4.78, 5) is 14.5. The standard InChI is InChI=1S/C19H15F2N3O/c20-15-7-6-14(10-16(15)21)17-11-18-19(25)23(8-9-24(18)22-17)12-13-4-2-1-3-5-13/h1-7,10-11H,8-9,12H2. The predicted molar refractivity (Wildman–Crippen MR) is 88.8 cm³/mol. The van der Waals surface area contributed by atoms with Crippen molar-refractivity contribution in [1.82, 2.24) is 14.7 Å². The fourth-order valence-corrected chi connectivity index (χ4v) is 2.99. The number of halogens is 2. The van der Waals surface area contributed by atoms with Crippen LogP contribution >= 0.6 is 0 Å². The summed E-state index contributed by atoms with van der Waals surface area (Å²) in [6.07, 6.45) is 0. The van der Waals surface area contributed by atoms with Gasteiger partial charge in [0.25, 0.3) is 5.91 Å². The highest BCUT2D eigenvalue weighted by atomic mass is 19.2. The third-order valence-corrected chi connectivity index (χ3v) is 4.30. The molecule has 4 nitrogen and oxygen atoms in total. The van der Waals surface area contributed by atoms with E-state index >= 15 is 0 Å². The molecule has 0 saturated heterocycles. The van der Waals surface area contributed by atoms with Crippen LogP contribution < -0.4 is 0 Å². The molecular weight excluding hydrogens is 324 g/mol. The summed E-state index contributed by atoms with van der Waals surface area (Å²) < 4.78 is 28.2. The van der Waals surface area contributed by atoms with E-state index in [4.69, 9.17) is 0 Å². The van der Waals surface area contributed by atoms with Crippen LogP contribution in [0, 0.1) is 11.6 Å². The van der Waals surface area contributed by atoms with E-state index in [1.807, 2.05) is 30.3 Å². The SMILES string of the molecule is O=C1c2cc(-c3ccc(F)c(F)c3)nn2CCN1Cc1ccccc1. The van der Waals surface area contributed by atoms with Crippen LogP contribution in [0.25, 0.3) is 11.3 Å². The Morgan fingerprint density at radius 2 is 1.76 bits per heavy atom. The van der Waals surface area contributed by atoms with Crippen molar-refractivity contribution < 1.29 is 13.6 Å². The normalized spacial score (nSPS) is 13.8. The lowest BCUT2D eigenvalue weighted by atomic mass is 10.1. The summed E-state index contributed by atoms with van der Waals surface area (Å²) in [6, 6.07) is 15.0. The van der Waals surface area contributed by atoms with Crippen LogP contribution in [0.2, 0.25) is 0 Å². The van der Waals surface area contributed by atoms with E-state index < -0.39 is 11.6 Å². The molecule has 25 heavy (non-hydrogen) atoms. The van der Waals surface area contributed by atoms with Gasteiger partial charge >= 0.3 is 0 Å². The van der Waals surface area contributed by atoms with Crippen molar-refractivity contribution in [1.29, 1.82) is 0 Å². The van der Waals surface area contributed by atoms with Gasteiger partial charge in [-0.2, -0.15) is 5.10 Å². The molecule has 1 aromatic heterocycles. The van der Waals surface area contributed by atoms with Crippen molar-refractivity contribution in [2.75, 3.05) is 6.54 Å². The minimum Gasteiger partial charge on any atom is -0.331 e. The molecule has 1 aliphatic rings. The molecular formula is C19H15F2N3O. The van der Waals surface area contributed by atoms with E-state index in [9.17, 15) is 13.6 Å². The maximum Gasteiger partial charge on any atom is 0.272 e. The van der Waals surface area contributed by atoms with Gasteiger partial charge < -0.3 is 4.90 Å². The number of fused-ring (bicyclic) bond motifs is 1. The average molecular weight is 339 g/mol. The van der Waals surface area contributed by atoms with Crippen LogP contribution in [0.1, 0.15) is 16.1 Å². The molecule has 0 bridgehead atoms. The number of carbonyl (C=O) groups excluding carboxylic acids is 1. The van der Waals surface area contributed by atoms with Crippen molar-refractivity contribution in [2.24, 2.45) is 0 Å². The number of benzene rings is 2. The molecule has 0 spiro atoms. The topological polar surface area (TPSA) is 38.1 Å². The number of nitrogens with zero attached hydrogens (tertiary/aromatic N) is 3. The first-order chi connectivity index (χ1) is 12.1. The Kier molecular flexibility index (Phi) is 3.80. The van der Waals surface area contributed by atoms with Crippen LogP contribution in [0.4, 0.5) is 8.78 Å². The number of carbonyl (C=O) groups is 1. The summed E-state index contributed by atoms with van der Waals surface area (Å²) in [5.74, 6) is -1.95. The number of hydrogen-bond donors (Lipinski definition) is 0. The Labute approximate surface area is 143 Å². The second-order valence-electron chi connectivity index (χ2n) is 5.98. The number of aromatic nitrogens is 2. The van der Waals surface area contributed by atoms with Gasteiger partial charge in [0.15, 0.2) is 11.6 Å². The molecule has 1 aliphatic heterocycles. The van der Waals surface area contributed by atoms with E-state index in [2.05, 4.69) is 5.10 Å². The fraction of sp³-hybridized carbons (Fsp3) is 0.158. The number of amides is 1. The summed E-state index contributed by atoms with van der Waals surface area (Å²) in [5, 5.41) is 4.36. The van der Waals surface area contributed by atoms with E-state index in [1.165, 1.54) is 6.07 Å². The molecule has 4 rings (SSSR count). The molecule has 0 N–H and O–H groups in total. The average Bonchev–Trinajstić information content (AvgIpc) is 3.06. The Hall–Kier alpha value is -3.02. The van der Waals surface area contributed by atoms with Crippen LogP contribution in [-0.4, -0.2) is 27.1 Å². The predicted octanol–water partition coefficient (Wildman–Crippen LogP) is 3.48. The zero-order valence-electron chi connectivity index (χ0n) is 13.3. The lowest BCUT2D eigenvalue weighted by Gasteiger charge is -2.27. The number of hydrogen-bond acceptors (Lipinski definition) is 2. The van der Waals surface area contributed by atoms with Gasteiger partial charge in [0.1, 0.15) is 5.69 Å². The molecule has 0 fully saturated rings. The van der Waals surface area contributed by atoms with Crippen molar-refractivity contribution >= 4 is 5.91 Å². The summed E-state index contributed by atoms with van der Waals surface area (Å²) in [5.41, 5.74) is 2.43. The minimum atomic E-state index is -0.930. The van der Waals surface area contributed by atoms with Gasteiger partial charge in [-0.15, -0.1) is 0 Å². The lowest BCUT2D eigenvalue weighted by molar-refractivity contribution is 0.0683. The van der Waals surface area contributed by atoms with Crippen molar-refractivity contribution in [3.8, 4) is 11.3 Å². The molecule has 2 heterocycles. The molecule has 0 saturated carbocycles. The molecule has 0 aliphatic carbocycles. The Morgan fingerprint density at radius 3 is 2.52 bits per heavy atom. The molecule has 0 atom stereocenters. The van der Waals surface area contributed by atoms with Crippen LogP contribution in [0.3, 0.4) is 0 Å². The van der Waals surface area contributed by atoms with Gasteiger partial charge in [0.05, 0.1) is 12.2 Å². The highest BCUT2D eigenvalue weighted by molar-refractivity contribution is 5.94. The van der Waals surface area contributed by atoms with Gasteiger partial charge in [-0.1, -0.05) is 30.3 Å². The quantitative estimate of drug-likeness (QED) is 0.733. The molecule has 1 amide bonds. The summed E-state index contributed by atoms with van der Waals surface area (Å²) >= 11 is 0. The zero-order chi connectivity index (χ0) is 17.4. The van der Waals surface area contributed by atoms with E-state index in [-0.39, 0.29) is 5.91 Å². The summed E-state index contributed by atoms with van der Waals surface area (Å²) in [6.45, 7) is 1.66. The Morgan fingerprint density at radius 1 is 0.960 bits per heavy atom. The minimum absolute atomic E-state index is 0.114. The fourth-order valence-electron chi connectivity index (χ4n) is 2.99. The first kappa shape index (κ1) is 15.5. The molecule has 126 valence electrons. The molecule has 2 aromatic carbocycles. The first-order valence-corrected chi connectivity index (χ1v) is 7.98. The van der Waals surface area contributed by atoms with Gasteiger partial charge in [-0.05, 0) is 29.8 Å². The van der Waals surface area contributed by atoms with E-state index in [0.717, 1.165) is 17.7 Å². The Bertz CT molecular complexity index is 937. The largest absolute Gasteiger partial charge is 0.331 e. The van der Waals surface area contributed by atoms with Crippen LogP contribution in [0.5, 0.6) is 0 Å². The van der Waals surface area contributed by atoms with E-state index in [1.54, 1.807) is 15.6 Å². The third kappa shape index (κ3) is 2.91. The number of rotatable bonds is 3. The second kappa shape index (κ2) is 6.12. The zero-order valence-corrected chi connectivity index (χ0v) is 13.3. The van der Waals surface area contributed by atoms with Gasteiger partial charge in [-0.25, -0.2) is 8.78 Å². The molecule has 0 radical (unpaired) electrons. The summed E-state index contributed by atoms with van der Waals surface area (Å²) in [7, 11) is 0. The van der Waals surface area contributed by atoms with Crippen LogP contribution in [0.15, 0.2) is 54.6 Å². The van der Waals surface area contributed by atoms with E-state index in [0.29, 0.717) is 36.6 Å². The third-order valence-electron chi connectivity index (χ3n) is 4.30. The highest BCUT2D eigenvalue weighted by Crippen LogP contribution is 2.24. The molecule has 0 unspecified atom stereocenters. The maximum absolute atomic E-state index is 13.4. The van der Waals surface area contributed by atoms with Crippen molar-refractivity contribution in [3.05, 3.63) is 77.5 Å². The molecule has 6 heteroatoms. The van der Waals surface area contributed by atoms with Crippen molar-refractivity contribution in [2.45, 2.75) is 13.1 Å². The van der Waals surface area contributed by atoms with Gasteiger partial charge in [-0.3, -0.25) is 9.48 Å². The maximum atomic E-state index is 13.4. The van der Waals surface area contributed by atoms with Gasteiger partial charge in [0.2, 0.25) is 0 Å². The van der Waals surface area contributed by atoms with Crippen LogP contribution in [-0.2, 0) is 13.1 Å². The highest BCUT2D eigenvalue weighted by Gasteiger charge is 2.26. The lowest BCUT2D eigenvalue weighted by Crippen LogP contribution is -2.39. The molecule has 3 aromatic rings. The smallest absolute Gasteiger partial charge is 0.272 e. The second-order valence-corrected chi connectivity index (χ2v) is 5.98. The first-order valence-electron chi connectivity index (χ1n) is 7.98.